The van der Waals surface area contributed by atoms with E-state index in [2.05, 4.69) is 24.0 Å². The van der Waals surface area contributed by atoms with Gasteiger partial charge in [-0.2, -0.15) is 0 Å². The van der Waals surface area contributed by atoms with E-state index in [1.807, 2.05) is 4.90 Å². The molecule has 1 amide bonds. The van der Waals surface area contributed by atoms with Gasteiger partial charge < -0.3 is 14.5 Å². The minimum atomic E-state index is -0.00996. The van der Waals surface area contributed by atoms with Crippen LogP contribution in [0, 0.1) is 0 Å². The standard InChI is InChI=1S/C16H23N3O2/c1-18(2)14-11-16(21-12-14)5-9-19(10-6-16)15(20)13-3-7-17-8-4-13/h3-4,7-8,14H,5-6,9-12H2,1-2H3/t14-/m0/s1. The maximum absolute atomic E-state index is 12.4. The number of likely N-dealkylation sites (N-methyl/N-ethyl adjacent to an activating group) is 1. The van der Waals surface area contributed by atoms with Gasteiger partial charge in [-0.25, -0.2) is 0 Å². The van der Waals surface area contributed by atoms with E-state index in [4.69, 9.17) is 4.74 Å². The van der Waals surface area contributed by atoms with Gasteiger partial charge in [0, 0.05) is 37.1 Å². The van der Waals surface area contributed by atoms with Crippen LogP contribution in [0.3, 0.4) is 0 Å². The second-order valence-electron chi connectivity index (χ2n) is 6.34. The van der Waals surface area contributed by atoms with Gasteiger partial charge >= 0.3 is 0 Å². The fraction of sp³-hybridized carbons (Fsp3) is 0.625. The highest BCUT2D eigenvalue weighted by Crippen LogP contribution is 2.37. The SMILES string of the molecule is CN(C)[C@@H]1COC2(CCN(C(=O)c3ccncc3)CC2)C1. The van der Waals surface area contributed by atoms with Gasteiger partial charge in [-0.15, -0.1) is 0 Å². The molecule has 1 aromatic heterocycles. The van der Waals surface area contributed by atoms with E-state index < -0.39 is 0 Å². The molecule has 5 heteroatoms. The number of nitrogens with zero attached hydrogens (tertiary/aromatic N) is 3. The Morgan fingerprint density at radius 2 is 2.00 bits per heavy atom. The van der Waals surface area contributed by atoms with Gasteiger partial charge in [0.1, 0.15) is 0 Å². The van der Waals surface area contributed by atoms with Crippen LogP contribution in [0.1, 0.15) is 29.6 Å². The summed E-state index contributed by atoms with van der Waals surface area (Å²) in [6.07, 6.45) is 6.29. The van der Waals surface area contributed by atoms with Gasteiger partial charge in [-0.3, -0.25) is 9.78 Å². The fourth-order valence-electron chi connectivity index (χ4n) is 3.29. The molecule has 3 rings (SSSR count). The summed E-state index contributed by atoms with van der Waals surface area (Å²) in [6, 6.07) is 4.06. The molecule has 2 saturated heterocycles. The Labute approximate surface area is 125 Å². The van der Waals surface area contributed by atoms with Crippen LogP contribution in [-0.2, 0) is 4.74 Å². The average molecular weight is 289 g/mol. The number of ether oxygens (including phenoxy) is 1. The summed E-state index contributed by atoms with van der Waals surface area (Å²) in [5.74, 6) is 0.106. The highest BCUT2D eigenvalue weighted by molar-refractivity contribution is 5.94. The van der Waals surface area contributed by atoms with Crippen LogP contribution in [0.15, 0.2) is 24.5 Å². The monoisotopic (exact) mass is 289 g/mol. The van der Waals surface area contributed by atoms with E-state index in [1.165, 1.54) is 0 Å². The van der Waals surface area contributed by atoms with Gasteiger partial charge in [0.15, 0.2) is 0 Å². The maximum atomic E-state index is 12.4. The lowest BCUT2D eigenvalue weighted by Crippen LogP contribution is -2.46. The summed E-state index contributed by atoms with van der Waals surface area (Å²) in [7, 11) is 4.21. The third kappa shape index (κ3) is 2.94. The molecule has 1 atom stereocenters. The first-order chi connectivity index (χ1) is 10.1. The molecule has 1 spiro atoms. The molecule has 2 aliphatic heterocycles. The molecule has 1 aromatic rings. The molecule has 0 bridgehead atoms. The molecule has 0 saturated carbocycles. The van der Waals surface area contributed by atoms with E-state index in [0.29, 0.717) is 6.04 Å². The third-order valence-electron chi connectivity index (χ3n) is 4.81. The average Bonchev–Trinajstić information content (AvgIpc) is 2.92. The van der Waals surface area contributed by atoms with Crippen molar-refractivity contribution in [2.24, 2.45) is 0 Å². The van der Waals surface area contributed by atoms with Crippen molar-refractivity contribution < 1.29 is 9.53 Å². The third-order valence-corrected chi connectivity index (χ3v) is 4.81. The summed E-state index contributed by atoms with van der Waals surface area (Å²) < 4.78 is 6.10. The fourth-order valence-corrected chi connectivity index (χ4v) is 3.29. The summed E-state index contributed by atoms with van der Waals surface area (Å²) in [6.45, 7) is 2.37. The van der Waals surface area contributed by atoms with E-state index in [1.54, 1.807) is 24.5 Å². The Kier molecular flexibility index (Phi) is 3.95. The molecular formula is C16H23N3O2. The van der Waals surface area contributed by atoms with Gasteiger partial charge in [-0.05, 0) is 45.5 Å². The van der Waals surface area contributed by atoms with E-state index in [0.717, 1.165) is 44.5 Å². The summed E-state index contributed by atoms with van der Waals surface area (Å²) >= 11 is 0. The van der Waals surface area contributed by atoms with Crippen LogP contribution in [-0.4, -0.2) is 66.1 Å². The van der Waals surface area contributed by atoms with Crippen LogP contribution in [0.4, 0.5) is 0 Å². The molecule has 0 aromatic carbocycles. The molecule has 5 nitrogen and oxygen atoms in total. The van der Waals surface area contributed by atoms with Crippen molar-refractivity contribution in [1.82, 2.24) is 14.8 Å². The number of carbonyl (C=O) groups is 1. The zero-order chi connectivity index (χ0) is 14.9. The van der Waals surface area contributed by atoms with Crippen molar-refractivity contribution in [2.45, 2.75) is 30.9 Å². The van der Waals surface area contributed by atoms with Gasteiger partial charge in [0.25, 0.3) is 5.91 Å². The molecule has 2 aliphatic rings. The molecule has 21 heavy (non-hydrogen) atoms. The second-order valence-corrected chi connectivity index (χ2v) is 6.34. The lowest BCUT2D eigenvalue weighted by molar-refractivity contribution is -0.0392. The van der Waals surface area contributed by atoms with E-state index in [9.17, 15) is 4.79 Å². The van der Waals surface area contributed by atoms with Crippen LogP contribution in [0.5, 0.6) is 0 Å². The van der Waals surface area contributed by atoms with Crippen LogP contribution >= 0.6 is 0 Å². The Bertz CT molecular complexity index is 496. The summed E-state index contributed by atoms with van der Waals surface area (Å²) in [5, 5.41) is 0. The highest BCUT2D eigenvalue weighted by Gasteiger charge is 2.43. The lowest BCUT2D eigenvalue weighted by Gasteiger charge is -2.38. The van der Waals surface area contributed by atoms with Gasteiger partial charge in [0.2, 0.25) is 0 Å². The number of carbonyl (C=O) groups excluding carboxylic acids is 1. The summed E-state index contributed by atoms with van der Waals surface area (Å²) in [5.41, 5.74) is 0.712. The quantitative estimate of drug-likeness (QED) is 0.826. The van der Waals surface area contributed by atoms with Crippen molar-refractivity contribution in [2.75, 3.05) is 33.8 Å². The Hall–Kier alpha value is -1.46. The first-order valence-corrected chi connectivity index (χ1v) is 7.59. The van der Waals surface area contributed by atoms with Crippen molar-refractivity contribution in [3.05, 3.63) is 30.1 Å². The number of hydrogen-bond donors (Lipinski definition) is 0. The molecule has 2 fully saturated rings. The topological polar surface area (TPSA) is 45.7 Å². The predicted octanol–water partition coefficient (Wildman–Crippen LogP) is 1.41. The molecule has 0 radical (unpaired) electrons. The van der Waals surface area contributed by atoms with E-state index in [-0.39, 0.29) is 11.5 Å². The number of rotatable bonds is 2. The largest absolute Gasteiger partial charge is 0.373 e. The Balaban J connectivity index is 1.60. The number of aromatic nitrogens is 1. The minimum absolute atomic E-state index is 0.00996. The summed E-state index contributed by atoms with van der Waals surface area (Å²) in [4.78, 5) is 20.6. The number of hydrogen-bond acceptors (Lipinski definition) is 4. The van der Waals surface area contributed by atoms with Crippen molar-refractivity contribution in [1.29, 1.82) is 0 Å². The first kappa shape index (κ1) is 14.5. The lowest BCUT2D eigenvalue weighted by atomic mass is 9.87. The predicted molar refractivity (Wildman–Crippen MR) is 80.1 cm³/mol. The van der Waals surface area contributed by atoms with Gasteiger partial charge in [-0.1, -0.05) is 0 Å². The minimum Gasteiger partial charge on any atom is -0.373 e. The number of pyridine rings is 1. The van der Waals surface area contributed by atoms with Crippen molar-refractivity contribution in [3.8, 4) is 0 Å². The van der Waals surface area contributed by atoms with E-state index >= 15 is 0 Å². The zero-order valence-corrected chi connectivity index (χ0v) is 12.8. The number of amides is 1. The zero-order valence-electron chi connectivity index (χ0n) is 12.8. The van der Waals surface area contributed by atoms with Crippen LogP contribution in [0.2, 0.25) is 0 Å². The molecule has 3 heterocycles. The highest BCUT2D eigenvalue weighted by atomic mass is 16.5. The molecular weight excluding hydrogens is 266 g/mol. The van der Waals surface area contributed by atoms with Crippen LogP contribution in [0.25, 0.3) is 0 Å². The maximum Gasteiger partial charge on any atom is 0.253 e. The second kappa shape index (κ2) is 5.73. The van der Waals surface area contributed by atoms with Crippen LogP contribution < -0.4 is 0 Å². The van der Waals surface area contributed by atoms with Gasteiger partial charge in [0.05, 0.1) is 12.2 Å². The first-order valence-electron chi connectivity index (χ1n) is 7.59. The molecule has 0 N–H and O–H groups in total. The molecule has 0 unspecified atom stereocenters. The van der Waals surface area contributed by atoms with Crippen molar-refractivity contribution >= 4 is 5.91 Å². The smallest absolute Gasteiger partial charge is 0.253 e. The molecule has 0 aliphatic carbocycles. The Morgan fingerprint density at radius 1 is 1.33 bits per heavy atom. The number of piperidine rings is 1. The Morgan fingerprint density at radius 3 is 2.57 bits per heavy atom. The normalized spacial score (nSPS) is 24.7. The van der Waals surface area contributed by atoms with Crippen molar-refractivity contribution in [3.63, 3.8) is 0 Å². The molecule has 114 valence electrons. The number of likely N-dealkylation sites (tertiary alicyclic amines) is 1.